The van der Waals surface area contributed by atoms with Crippen LogP contribution in [0.1, 0.15) is 27.5 Å². The number of imide groups is 1. The summed E-state index contributed by atoms with van der Waals surface area (Å²) in [6.07, 6.45) is 0. The standard InChI is InChI=1S/C28H20BrN3O6S2/c1-14-4-2-3-5-15(14)13-38-20-11-6-16(29)12-19(20)21-22-24(39-25-23(21)40-28(35)30-25)27(34)31(26(22)33)17-7-9-18(10-8-17)32(36)37/h2-12,21-22,24H,13H2,1H3,(H,30,35)/t21-,22-,24+/m0/s1. The first-order valence-corrected chi connectivity index (χ1v) is 14.7. The molecule has 1 aromatic heterocycles. The Morgan fingerprint density at radius 2 is 1.80 bits per heavy atom. The van der Waals surface area contributed by atoms with Gasteiger partial charge < -0.3 is 9.72 Å². The molecule has 0 radical (unpaired) electrons. The van der Waals surface area contributed by atoms with E-state index in [0.717, 1.165) is 31.8 Å². The van der Waals surface area contributed by atoms with Gasteiger partial charge in [-0.05, 0) is 48.4 Å². The monoisotopic (exact) mass is 637 g/mol. The van der Waals surface area contributed by atoms with E-state index in [1.807, 2.05) is 49.4 Å². The van der Waals surface area contributed by atoms with Crippen LogP contribution in [-0.4, -0.2) is 27.0 Å². The van der Waals surface area contributed by atoms with Crippen molar-refractivity contribution in [2.45, 2.75) is 29.7 Å². The zero-order chi connectivity index (χ0) is 28.1. The van der Waals surface area contributed by atoms with Gasteiger partial charge in [0.15, 0.2) is 0 Å². The second kappa shape index (κ2) is 10.3. The molecule has 2 aliphatic rings. The zero-order valence-corrected chi connectivity index (χ0v) is 24.0. The number of halogens is 1. The summed E-state index contributed by atoms with van der Waals surface area (Å²) in [6.45, 7) is 2.30. The van der Waals surface area contributed by atoms with Crippen LogP contribution in [0.3, 0.4) is 0 Å². The molecule has 6 rings (SSSR count). The van der Waals surface area contributed by atoms with Crippen LogP contribution in [-0.2, 0) is 16.2 Å². The fourth-order valence-corrected chi connectivity index (χ4v) is 8.04. The first-order chi connectivity index (χ1) is 19.2. The molecular formula is C28H20BrN3O6S2. The van der Waals surface area contributed by atoms with E-state index < -0.39 is 33.8 Å². The van der Waals surface area contributed by atoms with Crippen molar-refractivity contribution in [3.05, 3.63) is 113 Å². The average Bonchev–Trinajstić information content (AvgIpc) is 3.43. The third-order valence-electron chi connectivity index (χ3n) is 7.09. The molecule has 3 atom stereocenters. The quantitative estimate of drug-likeness (QED) is 0.161. The fraction of sp³-hybridized carbons (Fsp3) is 0.179. The number of carbonyl (C=O) groups is 2. The zero-order valence-electron chi connectivity index (χ0n) is 20.8. The smallest absolute Gasteiger partial charge is 0.305 e. The minimum atomic E-state index is -0.818. The predicted octanol–water partition coefficient (Wildman–Crippen LogP) is 5.79. The summed E-state index contributed by atoms with van der Waals surface area (Å²) in [5.74, 6) is -1.77. The summed E-state index contributed by atoms with van der Waals surface area (Å²) in [5.41, 5.74) is 2.89. The molecule has 1 saturated heterocycles. The number of non-ortho nitro benzene ring substituents is 1. The highest BCUT2D eigenvalue weighted by molar-refractivity contribution is 9.10. The van der Waals surface area contributed by atoms with Crippen molar-refractivity contribution in [3.63, 3.8) is 0 Å². The maximum Gasteiger partial charge on any atom is 0.305 e. The number of ether oxygens (including phenoxy) is 1. The lowest BCUT2D eigenvalue weighted by atomic mass is 9.82. The Bertz CT molecular complexity index is 1730. The highest BCUT2D eigenvalue weighted by atomic mass is 79.9. The van der Waals surface area contributed by atoms with Gasteiger partial charge in [-0.25, -0.2) is 4.90 Å². The van der Waals surface area contributed by atoms with Crippen molar-refractivity contribution in [1.29, 1.82) is 0 Å². The van der Waals surface area contributed by atoms with Gasteiger partial charge in [0.1, 0.15) is 17.6 Å². The SMILES string of the molecule is Cc1ccccc1COc1ccc(Br)cc1[C@@H]1c2sc(=O)[nH]c2S[C@H]2C(=O)N(c3ccc([N+](=O)[O-])cc3)C(=O)[C@@H]12. The Labute approximate surface area is 244 Å². The van der Waals surface area contributed by atoms with Crippen LogP contribution in [0, 0.1) is 23.0 Å². The average molecular weight is 639 g/mol. The van der Waals surface area contributed by atoms with Crippen molar-refractivity contribution in [2.24, 2.45) is 5.92 Å². The number of hydrogen-bond donors (Lipinski definition) is 1. The molecule has 3 heterocycles. The Kier molecular flexibility index (Phi) is 6.85. The molecule has 202 valence electrons. The summed E-state index contributed by atoms with van der Waals surface area (Å²) in [4.78, 5) is 55.1. The Morgan fingerprint density at radius 1 is 1.05 bits per heavy atom. The lowest BCUT2D eigenvalue weighted by Crippen LogP contribution is -2.32. The lowest BCUT2D eigenvalue weighted by Gasteiger charge is -2.31. The number of fused-ring (bicyclic) bond motifs is 2. The highest BCUT2D eigenvalue weighted by Crippen LogP contribution is 2.54. The number of rotatable bonds is 6. The van der Waals surface area contributed by atoms with Crippen LogP contribution in [0.5, 0.6) is 5.75 Å². The number of nitro groups is 1. The van der Waals surface area contributed by atoms with E-state index in [9.17, 15) is 24.5 Å². The maximum atomic E-state index is 14.0. The second-order valence-electron chi connectivity index (χ2n) is 9.43. The number of hydrogen-bond acceptors (Lipinski definition) is 8. The molecule has 0 unspecified atom stereocenters. The summed E-state index contributed by atoms with van der Waals surface area (Å²) in [7, 11) is 0. The number of nitrogens with one attached hydrogen (secondary N) is 1. The number of anilines is 1. The van der Waals surface area contributed by atoms with E-state index in [-0.39, 0.29) is 16.2 Å². The summed E-state index contributed by atoms with van der Waals surface area (Å²) in [6, 6.07) is 18.7. The second-order valence-corrected chi connectivity index (χ2v) is 12.5. The number of aromatic nitrogens is 1. The molecule has 0 bridgehead atoms. The molecule has 3 aromatic carbocycles. The van der Waals surface area contributed by atoms with Crippen molar-refractivity contribution >= 4 is 62.2 Å². The van der Waals surface area contributed by atoms with E-state index in [1.165, 1.54) is 36.0 Å². The van der Waals surface area contributed by atoms with E-state index in [1.54, 1.807) is 0 Å². The number of aryl methyl sites for hydroxylation is 1. The summed E-state index contributed by atoms with van der Waals surface area (Å²) >= 11 is 5.73. The van der Waals surface area contributed by atoms with E-state index in [2.05, 4.69) is 20.9 Å². The van der Waals surface area contributed by atoms with E-state index in [0.29, 0.717) is 27.8 Å². The van der Waals surface area contributed by atoms with Gasteiger partial charge in [0.25, 0.3) is 5.69 Å². The Morgan fingerprint density at radius 3 is 2.52 bits per heavy atom. The first kappa shape index (κ1) is 26.5. The van der Waals surface area contributed by atoms with Gasteiger partial charge in [-0.2, -0.15) is 0 Å². The third-order valence-corrected chi connectivity index (χ3v) is 9.99. The van der Waals surface area contributed by atoms with Crippen LogP contribution in [0.2, 0.25) is 0 Å². The molecule has 40 heavy (non-hydrogen) atoms. The van der Waals surface area contributed by atoms with Crippen LogP contribution in [0.25, 0.3) is 0 Å². The van der Waals surface area contributed by atoms with Crippen LogP contribution in [0.15, 0.2) is 81.0 Å². The molecule has 1 fully saturated rings. The topological polar surface area (TPSA) is 123 Å². The van der Waals surface area contributed by atoms with E-state index in [4.69, 9.17) is 4.74 Å². The molecule has 2 aliphatic heterocycles. The first-order valence-electron chi connectivity index (χ1n) is 12.2. The number of nitrogens with zero attached hydrogens (tertiary/aromatic N) is 2. The number of thiazole rings is 1. The molecule has 1 N–H and O–H groups in total. The largest absolute Gasteiger partial charge is 0.489 e. The van der Waals surface area contributed by atoms with Gasteiger partial charge in [-0.15, -0.1) is 0 Å². The number of H-pyrrole nitrogens is 1. The molecule has 0 spiro atoms. The number of nitro benzene ring substituents is 1. The Balaban J connectivity index is 1.43. The van der Waals surface area contributed by atoms with Crippen molar-refractivity contribution in [3.8, 4) is 5.75 Å². The number of aromatic amines is 1. The lowest BCUT2D eigenvalue weighted by molar-refractivity contribution is -0.384. The minimum absolute atomic E-state index is 0.142. The summed E-state index contributed by atoms with van der Waals surface area (Å²) < 4.78 is 7.07. The van der Waals surface area contributed by atoms with Gasteiger partial charge in [0, 0.05) is 33.0 Å². The Hall–Kier alpha value is -3.74. The van der Waals surface area contributed by atoms with Gasteiger partial charge >= 0.3 is 4.87 Å². The third kappa shape index (κ3) is 4.55. The molecule has 4 aromatic rings. The van der Waals surface area contributed by atoms with Gasteiger partial charge in [-0.1, -0.05) is 63.3 Å². The highest BCUT2D eigenvalue weighted by Gasteiger charge is 2.56. The van der Waals surface area contributed by atoms with Crippen molar-refractivity contribution < 1.29 is 19.2 Å². The maximum absolute atomic E-state index is 14.0. The van der Waals surface area contributed by atoms with Gasteiger partial charge in [-0.3, -0.25) is 24.5 Å². The van der Waals surface area contributed by atoms with Gasteiger partial charge in [0.2, 0.25) is 11.8 Å². The van der Waals surface area contributed by atoms with E-state index >= 15 is 0 Å². The normalized spacial score (nSPS) is 19.9. The molecule has 0 aliphatic carbocycles. The van der Waals surface area contributed by atoms with Crippen LogP contribution >= 0.6 is 39.0 Å². The van der Waals surface area contributed by atoms with Crippen LogP contribution in [0.4, 0.5) is 11.4 Å². The molecule has 12 heteroatoms. The predicted molar refractivity (Wildman–Crippen MR) is 155 cm³/mol. The summed E-state index contributed by atoms with van der Waals surface area (Å²) in [5, 5.41) is 10.9. The van der Waals surface area contributed by atoms with Crippen molar-refractivity contribution in [1.82, 2.24) is 4.98 Å². The minimum Gasteiger partial charge on any atom is -0.489 e. The molecule has 0 saturated carbocycles. The fourth-order valence-electron chi connectivity index (χ4n) is 5.15. The van der Waals surface area contributed by atoms with Crippen molar-refractivity contribution in [2.75, 3.05) is 4.90 Å². The van der Waals surface area contributed by atoms with Gasteiger partial charge in [0.05, 0.1) is 21.6 Å². The molecule has 2 amide bonds. The van der Waals surface area contributed by atoms with Crippen LogP contribution < -0.4 is 14.5 Å². The molecular weight excluding hydrogens is 618 g/mol. The number of thioether (sulfide) groups is 1. The number of amides is 2. The number of carbonyl (C=O) groups excluding carboxylic acids is 2. The molecule has 9 nitrogen and oxygen atoms in total. The number of benzene rings is 3.